The van der Waals surface area contributed by atoms with Crippen molar-refractivity contribution in [3.05, 3.63) is 75.2 Å². The minimum absolute atomic E-state index is 0.0663. The second-order valence-corrected chi connectivity index (χ2v) is 10.2. The van der Waals surface area contributed by atoms with Crippen LogP contribution >= 0.6 is 22.9 Å². The van der Waals surface area contributed by atoms with Crippen molar-refractivity contribution in [1.82, 2.24) is 14.8 Å². The van der Waals surface area contributed by atoms with E-state index >= 15 is 0 Å². The first-order valence-electron chi connectivity index (χ1n) is 11.5. The second kappa shape index (κ2) is 10.3. The maximum Gasteiger partial charge on any atom is 0.265 e. The van der Waals surface area contributed by atoms with Crippen LogP contribution in [0.5, 0.6) is 0 Å². The first kappa shape index (κ1) is 24.2. The molecule has 1 saturated heterocycles. The van der Waals surface area contributed by atoms with Crippen LogP contribution in [-0.4, -0.2) is 70.3 Å². The van der Waals surface area contributed by atoms with E-state index in [1.165, 1.54) is 4.90 Å². The van der Waals surface area contributed by atoms with E-state index < -0.39 is 6.23 Å². The number of aliphatic hydroxyl groups is 1. The fourth-order valence-electron chi connectivity index (χ4n) is 4.55. The van der Waals surface area contributed by atoms with Gasteiger partial charge in [-0.2, -0.15) is 0 Å². The Morgan fingerprint density at radius 2 is 1.83 bits per heavy atom. The summed E-state index contributed by atoms with van der Waals surface area (Å²) in [5.74, 6) is -0.814. The van der Waals surface area contributed by atoms with Gasteiger partial charge in [-0.05, 0) is 36.4 Å². The number of hydrogen-bond donors (Lipinski definition) is 2. The number of aromatic nitrogens is 1. The van der Waals surface area contributed by atoms with Crippen molar-refractivity contribution in [3.8, 4) is 0 Å². The Morgan fingerprint density at radius 1 is 1.08 bits per heavy atom. The Kier molecular flexibility index (Phi) is 6.90. The number of nitrogens with zero attached hydrogens (tertiary/aromatic N) is 4. The third kappa shape index (κ3) is 4.79. The monoisotopic (exact) mass is 525 g/mol. The standard InChI is InChI=1S/C25H24ClN5O4S/c26-20-5-4-19(36-20)23(33)28-18-3-1-2-17-22(18)25(35)31(24(17)34)11-8-21(32)30-14-12-29(13-15-30)16-6-9-27-10-7-16/h1-7,9-10,25,35H,8,11-15H2,(H,28,33). The minimum Gasteiger partial charge on any atom is -0.369 e. The molecule has 9 nitrogen and oxygen atoms in total. The third-order valence-corrected chi connectivity index (χ3v) is 7.65. The molecule has 3 amide bonds. The number of anilines is 2. The lowest BCUT2D eigenvalue weighted by Gasteiger charge is -2.36. The molecule has 36 heavy (non-hydrogen) atoms. The van der Waals surface area contributed by atoms with Gasteiger partial charge in [0.2, 0.25) is 5.91 Å². The number of aliphatic hydroxyl groups excluding tert-OH is 1. The van der Waals surface area contributed by atoms with Gasteiger partial charge in [0.1, 0.15) is 0 Å². The molecule has 2 N–H and O–H groups in total. The van der Waals surface area contributed by atoms with E-state index in [-0.39, 0.29) is 30.7 Å². The molecule has 0 saturated carbocycles. The molecule has 0 radical (unpaired) electrons. The fourth-order valence-corrected chi connectivity index (χ4v) is 5.49. The third-order valence-electron chi connectivity index (χ3n) is 6.42. The van der Waals surface area contributed by atoms with Gasteiger partial charge in [-0.3, -0.25) is 19.4 Å². The lowest BCUT2D eigenvalue weighted by Crippen LogP contribution is -2.49. The van der Waals surface area contributed by atoms with Crippen LogP contribution in [0.1, 0.15) is 38.2 Å². The summed E-state index contributed by atoms with van der Waals surface area (Å²) in [5.41, 5.74) is 2.06. The average Bonchev–Trinajstić information content (AvgIpc) is 3.44. The van der Waals surface area contributed by atoms with Crippen LogP contribution in [0, 0.1) is 0 Å². The van der Waals surface area contributed by atoms with Gasteiger partial charge >= 0.3 is 0 Å². The molecule has 0 aliphatic carbocycles. The summed E-state index contributed by atoms with van der Waals surface area (Å²) in [6.07, 6.45) is 2.34. The zero-order valence-electron chi connectivity index (χ0n) is 19.3. The van der Waals surface area contributed by atoms with Crippen molar-refractivity contribution in [2.45, 2.75) is 12.6 Å². The highest BCUT2D eigenvalue weighted by molar-refractivity contribution is 7.18. The van der Waals surface area contributed by atoms with Crippen molar-refractivity contribution >= 4 is 52.0 Å². The number of pyridine rings is 1. The molecule has 0 spiro atoms. The van der Waals surface area contributed by atoms with Crippen LogP contribution in [-0.2, 0) is 4.79 Å². The molecule has 186 valence electrons. The highest BCUT2D eigenvalue weighted by Crippen LogP contribution is 2.37. The minimum atomic E-state index is -1.26. The number of piperazine rings is 1. The van der Waals surface area contributed by atoms with Crippen molar-refractivity contribution in [2.75, 3.05) is 42.9 Å². The number of rotatable bonds is 6. The molecule has 1 fully saturated rings. The predicted octanol–water partition coefficient (Wildman–Crippen LogP) is 3.23. The first-order chi connectivity index (χ1) is 17.4. The Bertz CT molecular complexity index is 1290. The van der Waals surface area contributed by atoms with Gasteiger partial charge in [-0.15, -0.1) is 11.3 Å². The number of carbonyl (C=O) groups excluding carboxylic acids is 3. The number of amides is 3. The molecule has 1 atom stereocenters. The van der Waals surface area contributed by atoms with Gasteiger partial charge in [-0.1, -0.05) is 17.7 Å². The maximum absolute atomic E-state index is 13.0. The van der Waals surface area contributed by atoms with Gasteiger partial charge in [0.25, 0.3) is 11.8 Å². The summed E-state index contributed by atoms with van der Waals surface area (Å²) in [6, 6.07) is 12.0. The number of thiophene rings is 1. The first-order valence-corrected chi connectivity index (χ1v) is 12.7. The summed E-state index contributed by atoms with van der Waals surface area (Å²) in [6.45, 7) is 2.67. The smallest absolute Gasteiger partial charge is 0.265 e. The predicted molar refractivity (Wildman–Crippen MR) is 137 cm³/mol. The Labute approximate surface area is 216 Å². The lowest BCUT2D eigenvalue weighted by molar-refractivity contribution is -0.132. The van der Waals surface area contributed by atoms with Crippen molar-refractivity contribution < 1.29 is 19.5 Å². The fraction of sp³-hybridized carbons (Fsp3) is 0.280. The Balaban J connectivity index is 1.20. The van der Waals surface area contributed by atoms with Crippen LogP contribution in [0.2, 0.25) is 4.34 Å². The van der Waals surface area contributed by atoms with Crippen LogP contribution in [0.4, 0.5) is 11.4 Å². The topological polar surface area (TPSA) is 106 Å². The molecular formula is C25H24ClN5O4S. The zero-order chi connectivity index (χ0) is 25.2. The molecule has 11 heteroatoms. The summed E-state index contributed by atoms with van der Waals surface area (Å²) in [7, 11) is 0. The molecule has 2 aliphatic heterocycles. The molecule has 2 aliphatic rings. The van der Waals surface area contributed by atoms with Crippen LogP contribution < -0.4 is 10.2 Å². The van der Waals surface area contributed by atoms with Crippen LogP contribution in [0.15, 0.2) is 54.9 Å². The maximum atomic E-state index is 13.0. The van der Waals surface area contributed by atoms with Gasteiger partial charge in [-0.25, -0.2) is 0 Å². The molecule has 3 aromatic rings. The highest BCUT2D eigenvalue weighted by atomic mass is 35.5. The Morgan fingerprint density at radius 3 is 2.53 bits per heavy atom. The number of benzene rings is 1. The van der Waals surface area contributed by atoms with Gasteiger partial charge < -0.3 is 25.1 Å². The number of fused-ring (bicyclic) bond motifs is 1. The van der Waals surface area contributed by atoms with Gasteiger partial charge in [0.15, 0.2) is 6.23 Å². The molecular weight excluding hydrogens is 502 g/mol. The van der Waals surface area contributed by atoms with Crippen LogP contribution in [0.3, 0.4) is 0 Å². The van der Waals surface area contributed by atoms with E-state index in [9.17, 15) is 19.5 Å². The molecule has 5 rings (SSSR count). The molecule has 1 aromatic carbocycles. The SMILES string of the molecule is O=C(Nc1cccc2c1C(O)N(CCC(=O)N1CCN(c3ccncc3)CC1)C2=O)c1ccc(Cl)s1. The van der Waals surface area contributed by atoms with Crippen LogP contribution in [0.25, 0.3) is 0 Å². The van der Waals surface area contributed by atoms with Gasteiger partial charge in [0, 0.05) is 74.0 Å². The summed E-state index contributed by atoms with van der Waals surface area (Å²) in [4.78, 5) is 48.2. The van der Waals surface area contributed by atoms with Gasteiger partial charge in [0.05, 0.1) is 9.21 Å². The van der Waals surface area contributed by atoms with Crippen molar-refractivity contribution in [2.24, 2.45) is 0 Å². The summed E-state index contributed by atoms with van der Waals surface area (Å²) >= 11 is 7.07. The van der Waals surface area contributed by atoms with E-state index in [0.717, 1.165) is 17.0 Å². The summed E-state index contributed by atoms with van der Waals surface area (Å²) in [5, 5.41) is 13.7. The van der Waals surface area contributed by atoms with E-state index in [1.807, 2.05) is 12.1 Å². The van der Waals surface area contributed by atoms with E-state index in [2.05, 4.69) is 15.2 Å². The van der Waals surface area contributed by atoms with Crippen molar-refractivity contribution in [1.29, 1.82) is 0 Å². The normalized spacial score (nSPS) is 17.3. The zero-order valence-corrected chi connectivity index (χ0v) is 20.8. The number of carbonyl (C=O) groups is 3. The van der Waals surface area contributed by atoms with E-state index in [1.54, 1.807) is 47.6 Å². The summed E-state index contributed by atoms with van der Waals surface area (Å²) < 4.78 is 0.489. The number of nitrogens with one attached hydrogen (secondary N) is 1. The average molecular weight is 526 g/mol. The highest BCUT2D eigenvalue weighted by Gasteiger charge is 2.38. The number of halogens is 1. The molecule has 1 unspecified atom stereocenters. The van der Waals surface area contributed by atoms with E-state index in [4.69, 9.17) is 11.6 Å². The van der Waals surface area contributed by atoms with Crippen molar-refractivity contribution in [3.63, 3.8) is 0 Å². The second-order valence-electron chi connectivity index (χ2n) is 8.52. The largest absolute Gasteiger partial charge is 0.369 e. The quantitative estimate of drug-likeness (QED) is 0.512. The van der Waals surface area contributed by atoms with E-state index in [0.29, 0.717) is 52.2 Å². The number of hydrogen-bond acceptors (Lipinski definition) is 7. The Hall–Kier alpha value is -3.47. The lowest BCUT2D eigenvalue weighted by atomic mass is 10.1. The molecule has 4 heterocycles. The molecule has 0 bridgehead atoms. The molecule has 2 aromatic heterocycles.